The Kier molecular flexibility index (Phi) is 6.34. The molecule has 200 valence electrons. The molecule has 4 nitrogen and oxygen atoms in total. The highest BCUT2D eigenvalue weighted by molar-refractivity contribution is 5.81. The highest BCUT2D eigenvalue weighted by atomic mass is 19.4. The van der Waals surface area contributed by atoms with E-state index in [4.69, 9.17) is 4.74 Å². The summed E-state index contributed by atoms with van der Waals surface area (Å²) in [5, 5.41) is 0. The number of fused-ring (bicyclic) bond motifs is 1. The van der Waals surface area contributed by atoms with Gasteiger partial charge in [0.05, 0.1) is 41.5 Å². The molecule has 1 amide bonds. The maximum atomic E-state index is 13.4. The van der Waals surface area contributed by atoms with Crippen LogP contribution in [0.25, 0.3) is 0 Å². The fourth-order valence-corrected chi connectivity index (χ4v) is 6.29. The van der Waals surface area contributed by atoms with E-state index in [0.29, 0.717) is 25.1 Å². The molecule has 2 aromatic carbocycles. The molecular formula is C27H28F6N2O2. The van der Waals surface area contributed by atoms with Crippen LogP contribution >= 0.6 is 0 Å². The van der Waals surface area contributed by atoms with Crippen molar-refractivity contribution in [3.05, 3.63) is 70.8 Å². The summed E-state index contributed by atoms with van der Waals surface area (Å²) in [5.41, 5.74) is -2.96. The minimum atomic E-state index is -4.93. The predicted octanol–water partition coefficient (Wildman–Crippen LogP) is 6.17. The minimum Gasteiger partial charge on any atom is -0.372 e. The fourth-order valence-electron chi connectivity index (χ4n) is 6.29. The molecule has 2 bridgehead atoms. The average molecular weight is 527 g/mol. The Hall–Kier alpha value is -2.59. The number of nitrogens with zero attached hydrogens (tertiary/aromatic N) is 2. The number of hydrogen-bond donors (Lipinski definition) is 0. The van der Waals surface area contributed by atoms with Gasteiger partial charge in [0.15, 0.2) is 0 Å². The van der Waals surface area contributed by atoms with Crippen molar-refractivity contribution in [3.63, 3.8) is 0 Å². The topological polar surface area (TPSA) is 32.8 Å². The Morgan fingerprint density at radius 2 is 1.59 bits per heavy atom. The van der Waals surface area contributed by atoms with E-state index in [0.717, 1.165) is 31.4 Å². The third kappa shape index (κ3) is 4.63. The average Bonchev–Trinajstić information content (AvgIpc) is 3.27. The lowest BCUT2D eigenvalue weighted by Gasteiger charge is -2.59. The second-order valence-corrected chi connectivity index (χ2v) is 10.4. The largest absolute Gasteiger partial charge is 0.416 e. The maximum absolute atomic E-state index is 13.4. The quantitative estimate of drug-likeness (QED) is 0.437. The first-order valence-corrected chi connectivity index (χ1v) is 12.4. The molecule has 0 N–H and O–H groups in total. The van der Waals surface area contributed by atoms with Gasteiger partial charge in [0.1, 0.15) is 0 Å². The molecule has 1 unspecified atom stereocenters. The summed E-state index contributed by atoms with van der Waals surface area (Å²) in [5.74, 6) is 0.0458. The van der Waals surface area contributed by atoms with E-state index < -0.39 is 35.1 Å². The van der Waals surface area contributed by atoms with E-state index in [-0.39, 0.29) is 36.2 Å². The van der Waals surface area contributed by atoms with Gasteiger partial charge in [0, 0.05) is 13.1 Å². The number of carbonyl (C=O) groups is 1. The van der Waals surface area contributed by atoms with E-state index in [1.54, 1.807) is 0 Å². The van der Waals surface area contributed by atoms with Crippen molar-refractivity contribution in [2.24, 2.45) is 0 Å². The number of piperazine rings is 1. The lowest BCUT2D eigenvalue weighted by molar-refractivity contribution is -0.164. The van der Waals surface area contributed by atoms with Crippen LogP contribution in [0.1, 0.15) is 61.0 Å². The minimum absolute atomic E-state index is 0.0269. The van der Waals surface area contributed by atoms with Gasteiger partial charge in [-0.25, -0.2) is 0 Å². The Labute approximate surface area is 211 Å². The zero-order valence-electron chi connectivity index (χ0n) is 20.3. The summed E-state index contributed by atoms with van der Waals surface area (Å²) in [6, 6.07) is 11.0. The molecule has 0 saturated carbocycles. The first kappa shape index (κ1) is 26.0. The van der Waals surface area contributed by atoms with Crippen LogP contribution < -0.4 is 0 Å². The van der Waals surface area contributed by atoms with Crippen molar-refractivity contribution in [1.82, 2.24) is 9.80 Å². The molecular weight excluding hydrogens is 498 g/mol. The molecule has 37 heavy (non-hydrogen) atoms. The molecule has 1 spiro atoms. The third-order valence-corrected chi connectivity index (χ3v) is 8.28. The van der Waals surface area contributed by atoms with Crippen molar-refractivity contribution >= 4 is 5.91 Å². The van der Waals surface area contributed by atoms with E-state index in [1.165, 1.54) is 6.92 Å². The van der Waals surface area contributed by atoms with Crippen molar-refractivity contribution < 1.29 is 35.9 Å². The van der Waals surface area contributed by atoms with Gasteiger partial charge in [-0.2, -0.15) is 26.3 Å². The molecule has 4 atom stereocenters. The standard InChI is InChI=1S/C27H28F6N2O2/c1-18(19-12-21(26(28,29)30)14-22(13-19)27(31,32)33)37-17-25(20-6-3-2-4-7-20)10-9-24-8-5-11-35(24)23(36)15-34(25)16-24/h2-4,6-7,12-14,18H,5,8-11,15-17H2,1H3/t18-,24+,25-/m1/s1. The van der Waals surface area contributed by atoms with Crippen molar-refractivity contribution in [1.29, 1.82) is 0 Å². The lowest BCUT2D eigenvalue weighted by Crippen LogP contribution is -2.70. The van der Waals surface area contributed by atoms with Crippen LogP contribution in [0.5, 0.6) is 0 Å². The lowest BCUT2D eigenvalue weighted by atomic mass is 9.72. The number of rotatable bonds is 5. The Morgan fingerprint density at radius 3 is 2.22 bits per heavy atom. The second kappa shape index (κ2) is 9.01. The Morgan fingerprint density at radius 1 is 0.946 bits per heavy atom. The SMILES string of the molecule is C[C@@H](OC[C@@]1(c2ccccc2)CC[C@]23CCCN2C(=O)CN1C3)c1cc(C(F)(F)F)cc(C(F)(F)F)c1. The van der Waals surface area contributed by atoms with Crippen LogP contribution in [0.15, 0.2) is 48.5 Å². The highest BCUT2D eigenvalue weighted by Crippen LogP contribution is 2.49. The monoisotopic (exact) mass is 526 g/mol. The summed E-state index contributed by atoms with van der Waals surface area (Å²) in [7, 11) is 0. The summed E-state index contributed by atoms with van der Waals surface area (Å²) in [4.78, 5) is 17.2. The van der Waals surface area contributed by atoms with Crippen molar-refractivity contribution in [3.8, 4) is 0 Å². The molecule has 0 aromatic heterocycles. The first-order valence-electron chi connectivity index (χ1n) is 12.4. The van der Waals surface area contributed by atoms with Gasteiger partial charge in [-0.3, -0.25) is 9.69 Å². The van der Waals surface area contributed by atoms with Gasteiger partial charge < -0.3 is 9.64 Å². The van der Waals surface area contributed by atoms with Gasteiger partial charge in [-0.15, -0.1) is 0 Å². The van der Waals surface area contributed by atoms with Crippen LogP contribution in [-0.2, 0) is 27.4 Å². The smallest absolute Gasteiger partial charge is 0.372 e. The fraction of sp³-hybridized carbons (Fsp3) is 0.519. The normalized spacial score (nSPS) is 28.8. The van der Waals surface area contributed by atoms with E-state index in [9.17, 15) is 31.1 Å². The molecule has 3 fully saturated rings. The van der Waals surface area contributed by atoms with Crippen LogP contribution in [0.4, 0.5) is 26.3 Å². The number of halogens is 6. The number of benzene rings is 2. The molecule has 0 aliphatic carbocycles. The zero-order valence-corrected chi connectivity index (χ0v) is 20.3. The van der Waals surface area contributed by atoms with Gasteiger partial charge in [0.2, 0.25) is 5.91 Å². The van der Waals surface area contributed by atoms with E-state index in [2.05, 4.69) is 4.90 Å². The molecule has 3 aliphatic rings. The molecule has 3 heterocycles. The van der Waals surface area contributed by atoms with E-state index >= 15 is 0 Å². The molecule has 3 saturated heterocycles. The van der Waals surface area contributed by atoms with Gasteiger partial charge in [-0.1, -0.05) is 30.3 Å². The van der Waals surface area contributed by atoms with E-state index in [1.807, 2.05) is 35.2 Å². The predicted molar refractivity (Wildman–Crippen MR) is 123 cm³/mol. The number of alkyl halides is 6. The summed E-state index contributed by atoms with van der Waals surface area (Å²) in [6.45, 7) is 3.08. The van der Waals surface area contributed by atoms with Crippen LogP contribution in [0, 0.1) is 0 Å². The number of amides is 1. The number of ether oxygens (including phenoxy) is 1. The first-order chi connectivity index (χ1) is 17.3. The van der Waals surface area contributed by atoms with Crippen LogP contribution in [-0.4, -0.2) is 47.5 Å². The van der Waals surface area contributed by atoms with Crippen molar-refractivity contribution in [2.75, 3.05) is 26.2 Å². The Bertz CT molecular complexity index is 1140. The number of carbonyl (C=O) groups excluding carboxylic acids is 1. The van der Waals surface area contributed by atoms with Crippen LogP contribution in [0.2, 0.25) is 0 Å². The molecule has 0 radical (unpaired) electrons. The van der Waals surface area contributed by atoms with Crippen molar-refractivity contribution in [2.45, 2.75) is 62.1 Å². The number of hydrogen-bond acceptors (Lipinski definition) is 3. The molecule has 5 rings (SSSR count). The van der Waals surface area contributed by atoms with Gasteiger partial charge >= 0.3 is 12.4 Å². The zero-order chi connectivity index (χ0) is 26.6. The number of piperidine rings is 1. The Balaban J connectivity index is 1.46. The molecule has 3 aliphatic heterocycles. The second-order valence-electron chi connectivity index (χ2n) is 10.4. The summed E-state index contributed by atoms with van der Waals surface area (Å²) < 4.78 is 86.4. The van der Waals surface area contributed by atoms with Gasteiger partial charge in [-0.05, 0) is 61.9 Å². The van der Waals surface area contributed by atoms with Crippen LogP contribution in [0.3, 0.4) is 0 Å². The third-order valence-electron chi connectivity index (χ3n) is 8.28. The maximum Gasteiger partial charge on any atom is 0.416 e. The molecule has 10 heteroatoms. The molecule has 2 aromatic rings. The summed E-state index contributed by atoms with van der Waals surface area (Å²) >= 11 is 0. The van der Waals surface area contributed by atoms with Gasteiger partial charge in [0.25, 0.3) is 0 Å². The highest BCUT2D eigenvalue weighted by Gasteiger charge is 2.57. The summed E-state index contributed by atoms with van der Waals surface area (Å²) in [6.07, 6.45) is -7.62.